The normalized spacial score (nSPS) is 11.6. The summed E-state index contributed by atoms with van der Waals surface area (Å²) >= 11 is 0. The van der Waals surface area contributed by atoms with Crippen LogP contribution in [0.5, 0.6) is 11.6 Å². The van der Waals surface area contributed by atoms with Crippen LogP contribution in [0.25, 0.3) is 22.2 Å². The number of halogens is 3. The van der Waals surface area contributed by atoms with E-state index in [1.54, 1.807) is 18.2 Å². The maximum Gasteiger partial charge on any atom is 0.573 e. The summed E-state index contributed by atoms with van der Waals surface area (Å²) in [5.41, 5.74) is -0.105. The van der Waals surface area contributed by atoms with Gasteiger partial charge in [0.2, 0.25) is 11.6 Å². The fraction of sp³-hybridized carbons (Fsp3) is 0.333. The molecule has 0 fully saturated rings. The van der Waals surface area contributed by atoms with E-state index in [4.69, 9.17) is 9.15 Å². The lowest BCUT2D eigenvalue weighted by Crippen LogP contribution is -2.18. The molecule has 2 aromatic heterocycles. The van der Waals surface area contributed by atoms with E-state index in [0.717, 1.165) is 19.3 Å². The van der Waals surface area contributed by atoms with Crippen LogP contribution in [0.1, 0.15) is 31.7 Å². The summed E-state index contributed by atoms with van der Waals surface area (Å²) in [5.74, 6) is -0.175. The van der Waals surface area contributed by atoms with Crippen LogP contribution in [0, 0.1) is 0 Å². The fourth-order valence-corrected chi connectivity index (χ4v) is 3.02. The summed E-state index contributed by atoms with van der Waals surface area (Å²) in [7, 11) is 1.42. The van der Waals surface area contributed by atoms with Crippen molar-refractivity contribution >= 4 is 11.1 Å². The molecule has 29 heavy (non-hydrogen) atoms. The zero-order chi connectivity index (χ0) is 21.0. The van der Waals surface area contributed by atoms with Gasteiger partial charge in [-0.25, -0.2) is 4.79 Å². The Bertz CT molecular complexity index is 1060. The molecule has 0 aliphatic rings. The molecule has 154 valence electrons. The molecular formula is C21H20F3NO4. The maximum atomic E-state index is 13.0. The molecule has 0 aliphatic heterocycles. The summed E-state index contributed by atoms with van der Waals surface area (Å²) in [6.07, 6.45) is -1.43. The second-order valence-corrected chi connectivity index (χ2v) is 6.53. The van der Waals surface area contributed by atoms with Gasteiger partial charge in [-0.3, -0.25) is 0 Å². The molecule has 5 nitrogen and oxygen atoms in total. The van der Waals surface area contributed by atoms with Gasteiger partial charge in [0.25, 0.3) is 0 Å². The molecule has 1 aromatic carbocycles. The molecule has 8 heteroatoms. The van der Waals surface area contributed by atoms with Crippen LogP contribution in [0.3, 0.4) is 0 Å². The number of hydrogen-bond acceptors (Lipinski definition) is 5. The first-order chi connectivity index (χ1) is 13.8. The fourth-order valence-electron chi connectivity index (χ4n) is 3.02. The van der Waals surface area contributed by atoms with Crippen LogP contribution in [0.15, 0.2) is 45.6 Å². The Labute approximate surface area is 165 Å². The highest BCUT2D eigenvalue weighted by Crippen LogP contribution is 2.35. The van der Waals surface area contributed by atoms with Crippen LogP contribution < -0.4 is 15.1 Å². The molecule has 0 unspecified atom stereocenters. The number of ether oxygens (including phenoxy) is 2. The van der Waals surface area contributed by atoms with E-state index >= 15 is 0 Å². The van der Waals surface area contributed by atoms with E-state index < -0.39 is 17.7 Å². The molecule has 0 bridgehead atoms. The number of benzene rings is 1. The van der Waals surface area contributed by atoms with Gasteiger partial charge in [0, 0.05) is 17.0 Å². The first kappa shape index (κ1) is 20.7. The molecule has 0 saturated heterocycles. The van der Waals surface area contributed by atoms with Crippen molar-refractivity contribution < 1.29 is 27.1 Å². The van der Waals surface area contributed by atoms with Crippen LogP contribution in [-0.2, 0) is 6.42 Å². The molecule has 0 saturated carbocycles. The van der Waals surface area contributed by atoms with Crippen molar-refractivity contribution in [3.63, 3.8) is 0 Å². The molecule has 3 rings (SSSR count). The SMILES string of the molecule is CCCCCc1ccc(-c2cc3ccc(OC)nc3oc2=O)c(OC(F)(F)F)c1. The Morgan fingerprint density at radius 1 is 1.07 bits per heavy atom. The number of fused-ring (bicyclic) bond motifs is 1. The first-order valence-corrected chi connectivity index (χ1v) is 9.18. The monoisotopic (exact) mass is 407 g/mol. The second kappa shape index (κ2) is 8.55. The Kier molecular flexibility index (Phi) is 6.10. The van der Waals surface area contributed by atoms with E-state index in [-0.39, 0.29) is 22.7 Å². The highest BCUT2D eigenvalue weighted by molar-refractivity contribution is 5.81. The summed E-state index contributed by atoms with van der Waals surface area (Å²) in [6, 6.07) is 9.09. The number of aryl methyl sites for hydroxylation is 1. The molecule has 0 radical (unpaired) electrons. The summed E-state index contributed by atoms with van der Waals surface area (Å²) in [6.45, 7) is 2.05. The lowest BCUT2D eigenvalue weighted by atomic mass is 10.0. The standard InChI is InChI=1S/C21H20F3NO4/c1-3-4-5-6-13-7-9-15(17(11-13)29-21(22,23)24)16-12-14-8-10-18(27-2)25-19(14)28-20(16)26/h7-12H,3-6H2,1-2H3. The van der Waals surface area contributed by atoms with Crippen molar-refractivity contribution in [1.29, 1.82) is 0 Å². The maximum absolute atomic E-state index is 13.0. The quantitative estimate of drug-likeness (QED) is 0.485. The lowest BCUT2D eigenvalue weighted by molar-refractivity contribution is -0.274. The summed E-state index contributed by atoms with van der Waals surface area (Å²) in [4.78, 5) is 16.5. The highest BCUT2D eigenvalue weighted by Gasteiger charge is 2.32. The number of unbranched alkanes of at least 4 members (excludes halogenated alkanes) is 2. The molecule has 2 heterocycles. The summed E-state index contributed by atoms with van der Waals surface area (Å²) in [5, 5.41) is 0.449. The summed E-state index contributed by atoms with van der Waals surface area (Å²) < 4.78 is 53.3. The average Bonchev–Trinajstić information content (AvgIpc) is 2.66. The second-order valence-electron chi connectivity index (χ2n) is 6.53. The van der Waals surface area contributed by atoms with Gasteiger partial charge in [0.05, 0.1) is 12.7 Å². The van der Waals surface area contributed by atoms with Gasteiger partial charge < -0.3 is 13.9 Å². The highest BCUT2D eigenvalue weighted by atomic mass is 19.4. The molecule has 0 spiro atoms. The molecule has 0 N–H and O–H groups in total. The first-order valence-electron chi connectivity index (χ1n) is 9.18. The van der Waals surface area contributed by atoms with Crippen LogP contribution in [-0.4, -0.2) is 18.5 Å². The third kappa shape index (κ3) is 5.07. The number of aromatic nitrogens is 1. The van der Waals surface area contributed by atoms with E-state index in [9.17, 15) is 18.0 Å². The zero-order valence-corrected chi connectivity index (χ0v) is 16.0. The average molecular weight is 407 g/mol. The Hall–Kier alpha value is -3.03. The smallest absolute Gasteiger partial charge is 0.481 e. The van der Waals surface area contributed by atoms with Gasteiger partial charge in [0.1, 0.15) is 5.75 Å². The van der Waals surface area contributed by atoms with Gasteiger partial charge in [-0.1, -0.05) is 31.9 Å². The minimum atomic E-state index is -4.89. The molecular weight excluding hydrogens is 387 g/mol. The van der Waals surface area contributed by atoms with E-state index in [1.807, 2.05) is 6.92 Å². The van der Waals surface area contributed by atoms with Gasteiger partial charge in [-0.15, -0.1) is 13.2 Å². The Balaban J connectivity index is 2.08. The van der Waals surface area contributed by atoms with Crippen molar-refractivity contribution in [2.45, 2.75) is 39.0 Å². The molecule has 0 amide bonds. The predicted molar refractivity (Wildman–Crippen MR) is 102 cm³/mol. The van der Waals surface area contributed by atoms with Gasteiger partial charge >= 0.3 is 12.0 Å². The third-order valence-electron chi connectivity index (χ3n) is 4.41. The third-order valence-corrected chi connectivity index (χ3v) is 4.41. The number of pyridine rings is 1. The minimum absolute atomic E-state index is 0.00744. The molecule has 0 aliphatic carbocycles. The lowest BCUT2D eigenvalue weighted by Gasteiger charge is -2.15. The Morgan fingerprint density at radius 3 is 2.55 bits per heavy atom. The largest absolute Gasteiger partial charge is 0.573 e. The predicted octanol–water partition coefficient (Wildman–Crippen LogP) is 5.49. The van der Waals surface area contributed by atoms with Crippen molar-refractivity contribution in [3.8, 4) is 22.8 Å². The van der Waals surface area contributed by atoms with Crippen molar-refractivity contribution in [1.82, 2.24) is 4.98 Å². The zero-order valence-electron chi connectivity index (χ0n) is 16.0. The van der Waals surface area contributed by atoms with Gasteiger partial charge in [-0.05, 0) is 36.6 Å². The van der Waals surface area contributed by atoms with Crippen molar-refractivity contribution in [3.05, 3.63) is 52.4 Å². The molecule has 3 aromatic rings. The number of rotatable bonds is 7. The topological polar surface area (TPSA) is 61.6 Å². The minimum Gasteiger partial charge on any atom is -0.481 e. The van der Waals surface area contributed by atoms with Gasteiger partial charge in [-0.2, -0.15) is 4.98 Å². The number of nitrogens with zero attached hydrogens (tertiary/aromatic N) is 1. The Morgan fingerprint density at radius 2 is 1.86 bits per heavy atom. The molecule has 0 atom stereocenters. The van der Waals surface area contributed by atoms with Gasteiger partial charge in [0.15, 0.2) is 0 Å². The van der Waals surface area contributed by atoms with E-state index in [1.165, 1.54) is 25.3 Å². The van der Waals surface area contributed by atoms with E-state index in [0.29, 0.717) is 17.4 Å². The van der Waals surface area contributed by atoms with Crippen LogP contribution >= 0.6 is 0 Å². The number of methoxy groups -OCH3 is 1. The number of alkyl halides is 3. The van der Waals surface area contributed by atoms with Crippen molar-refractivity contribution in [2.75, 3.05) is 7.11 Å². The number of hydrogen-bond donors (Lipinski definition) is 0. The van der Waals surface area contributed by atoms with Crippen LogP contribution in [0.2, 0.25) is 0 Å². The van der Waals surface area contributed by atoms with Crippen LogP contribution in [0.4, 0.5) is 13.2 Å². The van der Waals surface area contributed by atoms with E-state index in [2.05, 4.69) is 9.72 Å². The van der Waals surface area contributed by atoms with Crippen molar-refractivity contribution in [2.24, 2.45) is 0 Å².